The molecule has 2 aromatic carbocycles. The number of benzene rings is 2. The summed E-state index contributed by atoms with van der Waals surface area (Å²) in [6.45, 7) is 0. The van der Waals surface area contributed by atoms with E-state index in [1.807, 2.05) is 6.07 Å². The standard InChI is InChI=1S/C18H19N3/c1-21-17-9-5-4-8-16(17)20-18(21)19-15-11-10-13-6-2-3-7-14(13)12-15/h2-9,15H,10-12H2,1H3,(H,19,20). The first-order chi connectivity index (χ1) is 10.3. The van der Waals surface area contributed by atoms with Gasteiger partial charge in [-0.1, -0.05) is 36.4 Å². The number of nitrogens with one attached hydrogen (secondary N) is 1. The minimum Gasteiger partial charge on any atom is -0.353 e. The Bertz CT molecular complexity index is 788. The lowest BCUT2D eigenvalue weighted by Gasteiger charge is -2.25. The topological polar surface area (TPSA) is 29.9 Å². The SMILES string of the molecule is Cn1c(NC2CCc3ccccc3C2)nc2ccccc21. The Morgan fingerprint density at radius 1 is 1.05 bits per heavy atom. The highest BCUT2D eigenvalue weighted by Gasteiger charge is 2.19. The fourth-order valence-electron chi connectivity index (χ4n) is 3.28. The van der Waals surface area contributed by atoms with Crippen LogP contribution in [-0.2, 0) is 19.9 Å². The van der Waals surface area contributed by atoms with Crippen LogP contribution in [0.15, 0.2) is 48.5 Å². The molecule has 3 heteroatoms. The van der Waals surface area contributed by atoms with Crippen molar-refractivity contribution in [3.8, 4) is 0 Å². The summed E-state index contributed by atoms with van der Waals surface area (Å²) >= 11 is 0. The van der Waals surface area contributed by atoms with Gasteiger partial charge in [0.25, 0.3) is 0 Å². The van der Waals surface area contributed by atoms with E-state index in [2.05, 4.69) is 59.4 Å². The number of aryl methyl sites for hydroxylation is 2. The molecule has 0 radical (unpaired) electrons. The van der Waals surface area contributed by atoms with Gasteiger partial charge in [-0.2, -0.15) is 0 Å². The van der Waals surface area contributed by atoms with Gasteiger partial charge in [0.1, 0.15) is 0 Å². The number of aromatic nitrogens is 2. The van der Waals surface area contributed by atoms with Crippen LogP contribution in [0.1, 0.15) is 17.5 Å². The minimum atomic E-state index is 0.468. The van der Waals surface area contributed by atoms with Crippen LogP contribution in [0, 0.1) is 0 Å². The number of hydrogen-bond acceptors (Lipinski definition) is 2. The van der Waals surface area contributed by atoms with Crippen LogP contribution in [0.25, 0.3) is 11.0 Å². The Hall–Kier alpha value is -2.29. The average Bonchev–Trinajstić information content (AvgIpc) is 2.84. The second-order valence-corrected chi connectivity index (χ2v) is 5.84. The van der Waals surface area contributed by atoms with Crippen molar-refractivity contribution in [2.24, 2.45) is 7.05 Å². The van der Waals surface area contributed by atoms with Crippen LogP contribution >= 0.6 is 0 Å². The quantitative estimate of drug-likeness (QED) is 0.776. The van der Waals surface area contributed by atoms with Crippen LogP contribution in [-0.4, -0.2) is 15.6 Å². The number of para-hydroxylation sites is 2. The molecule has 21 heavy (non-hydrogen) atoms. The van der Waals surface area contributed by atoms with E-state index in [9.17, 15) is 0 Å². The van der Waals surface area contributed by atoms with Gasteiger partial charge in [0.2, 0.25) is 5.95 Å². The molecule has 1 aromatic heterocycles. The van der Waals surface area contributed by atoms with Gasteiger partial charge in [0.15, 0.2) is 0 Å². The van der Waals surface area contributed by atoms with Gasteiger partial charge in [-0.05, 0) is 42.5 Å². The Morgan fingerprint density at radius 2 is 1.81 bits per heavy atom. The van der Waals surface area contributed by atoms with E-state index in [1.165, 1.54) is 23.1 Å². The van der Waals surface area contributed by atoms with E-state index >= 15 is 0 Å². The molecular formula is C18H19N3. The lowest BCUT2D eigenvalue weighted by molar-refractivity contribution is 0.603. The maximum atomic E-state index is 4.71. The lowest BCUT2D eigenvalue weighted by Crippen LogP contribution is -2.28. The van der Waals surface area contributed by atoms with Crippen molar-refractivity contribution >= 4 is 17.0 Å². The molecule has 1 aliphatic rings. The van der Waals surface area contributed by atoms with E-state index < -0.39 is 0 Å². The fraction of sp³-hybridized carbons (Fsp3) is 0.278. The zero-order valence-electron chi connectivity index (χ0n) is 12.2. The summed E-state index contributed by atoms with van der Waals surface area (Å²) in [5, 5.41) is 3.63. The van der Waals surface area contributed by atoms with E-state index in [1.54, 1.807) is 0 Å². The first kappa shape index (κ1) is 12.5. The largest absolute Gasteiger partial charge is 0.353 e. The Balaban J connectivity index is 1.60. The number of nitrogens with zero attached hydrogens (tertiary/aromatic N) is 2. The number of hydrogen-bond donors (Lipinski definition) is 1. The second kappa shape index (κ2) is 4.92. The monoisotopic (exact) mass is 277 g/mol. The predicted molar refractivity (Wildman–Crippen MR) is 86.6 cm³/mol. The lowest BCUT2D eigenvalue weighted by atomic mass is 9.88. The van der Waals surface area contributed by atoms with Gasteiger partial charge in [0.05, 0.1) is 11.0 Å². The zero-order valence-corrected chi connectivity index (χ0v) is 12.2. The summed E-state index contributed by atoms with van der Waals surface area (Å²) in [6, 6.07) is 17.5. The molecule has 0 bridgehead atoms. The van der Waals surface area contributed by atoms with Gasteiger partial charge in [0, 0.05) is 13.1 Å². The van der Waals surface area contributed by atoms with Crippen molar-refractivity contribution in [1.82, 2.24) is 9.55 Å². The molecule has 4 rings (SSSR count). The third kappa shape index (κ3) is 2.19. The molecule has 0 amide bonds. The van der Waals surface area contributed by atoms with E-state index in [0.29, 0.717) is 6.04 Å². The van der Waals surface area contributed by atoms with Crippen LogP contribution in [0.3, 0.4) is 0 Å². The molecule has 0 fully saturated rings. The number of anilines is 1. The molecule has 3 aromatic rings. The fourth-order valence-corrected chi connectivity index (χ4v) is 3.28. The van der Waals surface area contributed by atoms with E-state index in [0.717, 1.165) is 24.3 Å². The molecule has 0 saturated heterocycles. The van der Waals surface area contributed by atoms with Crippen molar-refractivity contribution in [2.45, 2.75) is 25.3 Å². The Labute approximate surface area is 124 Å². The van der Waals surface area contributed by atoms with Gasteiger partial charge >= 0.3 is 0 Å². The van der Waals surface area contributed by atoms with Crippen molar-refractivity contribution in [3.05, 3.63) is 59.7 Å². The highest BCUT2D eigenvalue weighted by molar-refractivity contribution is 5.78. The molecule has 3 nitrogen and oxygen atoms in total. The van der Waals surface area contributed by atoms with E-state index in [4.69, 9.17) is 4.98 Å². The highest BCUT2D eigenvalue weighted by Crippen LogP contribution is 2.24. The molecule has 0 spiro atoms. The summed E-state index contributed by atoms with van der Waals surface area (Å²) in [5.41, 5.74) is 5.20. The normalized spacial score (nSPS) is 17.7. The minimum absolute atomic E-state index is 0.468. The third-order valence-electron chi connectivity index (χ3n) is 4.47. The first-order valence-corrected chi connectivity index (χ1v) is 7.56. The van der Waals surface area contributed by atoms with Gasteiger partial charge < -0.3 is 9.88 Å². The van der Waals surface area contributed by atoms with Crippen molar-refractivity contribution in [1.29, 1.82) is 0 Å². The van der Waals surface area contributed by atoms with Crippen LogP contribution in [0.5, 0.6) is 0 Å². The van der Waals surface area contributed by atoms with Crippen LogP contribution in [0.4, 0.5) is 5.95 Å². The summed E-state index contributed by atoms with van der Waals surface area (Å²) in [5.74, 6) is 0.973. The van der Waals surface area contributed by atoms with Crippen molar-refractivity contribution < 1.29 is 0 Å². The number of imidazole rings is 1. The number of fused-ring (bicyclic) bond motifs is 2. The Morgan fingerprint density at radius 3 is 2.67 bits per heavy atom. The number of rotatable bonds is 2. The molecule has 0 saturated carbocycles. The molecule has 106 valence electrons. The zero-order chi connectivity index (χ0) is 14.2. The summed E-state index contributed by atoms with van der Waals surface area (Å²) in [4.78, 5) is 4.71. The molecule has 1 atom stereocenters. The first-order valence-electron chi connectivity index (χ1n) is 7.56. The average molecular weight is 277 g/mol. The molecule has 1 N–H and O–H groups in total. The highest BCUT2D eigenvalue weighted by atomic mass is 15.2. The van der Waals surface area contributed by atoms with Crippen LogP contribution in [0.2, 0.25) is 0 Å². The molecule has 1 heterocycles. The Kier molecular flexibility index (Phi) is 2.92. The second-order valence-electron chi connectivity index (χ2n) is 5.84. The smallest absolute Gasteiger partial charge is 0.203 e. The molecule has 0 aliphatic heterocycles. The van der Waals surface area contributed by atoms with E-state index in [-0.39, 0.29) is 0 Å². The maximum absolute atomic E-state index is 4.71. The predicted octanol–water partition coefficient (Wildman–Crippen LogP) is 3.54. The van der Waals surface area contributed by atoms with Gasteiger partial charge in [-0.3, -0.25) is 0 Å². The summed E-state index contributed by atoms with van der Waals surface area (Å²) in [6.07, 6.45) is 3.40. The molecule has 1 aliphatic carbocycles. The summed E-state index contributed by atoms with van der Waals surface area (Å²) in [7, 11) is 2.08. The molecule has 1 unspecified atom stereocenters. The van der Waals surface area contributed by atoms with Crippen LogP contribution < -0.4 is 5.32 Å². The van der Waals surface area contributed by atoms with Gasteiger partial charge in [-0.25, -0.2) is 4.98 Å². The third-order valence-corrected chi connectivity index (χ3v) is 4.47. The summed E-state index contributed by atoms with van der Waals surface area (Å²) < 4.78 is 2.15. The van der Waals surface area contributed by atoms with Crippen molar-refractivity contribution in [3.63, 3.8) is 0 Å². The maximum Gasteiger partial charge on any atom is 0.203 e. The van der Waals surface area contributed by atoms with Gasteiger partial charge in [-0.15, -0.1) is 0 Å². The molecular weight excluding hydrogens is 258 g/mol. The van der Waals surface area contributed by atoms with Crippen molar-refractivity contribution in [2.75, 3.05) is 5.32 Å².